The van der Waals surface area contributed by atoms with E-state index in [0.717, 1.165) is 29.2 Å². The van der Waals surface area contributed by atoms with Gasteiger partial charge in [0.05, 0.1) is 0 Å². The lowest BCUT2D eigenvalue weighted by atomic mass is 10.0. The van der Waals surface area contributed by atoms with E-state index in [0.29, 0.717) is 5.41 Å². The highest BCUT2D eigenvalue weighted by atomic mass is 79.9. The van der Waals surface area contributed by atoms with E-state index >= 15 is 0 Å². The van der Waals surface area contributed by atoms with Crippen molar-refractivity contribution in [2.75, 3.05) is 11.1 Å². The fourth-order valence-electron chi connectivity index (χ4n) is 1.86. The van der Waals surface area contributed by atoms with Gasteiger partial charge in [0, 0.05) is 24.0 Å². The maximum absolute atomic E-state index is 4.34. The molecule has 0 unspecified atom stereocenters. The van der Waals surface area contributed by atoms with E-state index in [9.17, 15) is 0 Å². The molecule has 0 aliphatic carbocycles. The highest BCUT2D eigenvalue weighted by molar-refractivity contribution is 9.09. The molecule has 0 atom stereocenters. The first-order valence-electron chi connectivity index (χ1n) is 6.23. The fraction of sp³-hybridized carbons (Fsp3) is 0.833. The van der Waals surface area contributed by atoms with E-state index in [4.69, 9.17) is 0 Å². The summed E-state index contributed by atoms with van der Waals surface area (Å²) in [4.78, 5) is 0. The van der Waals surface area contributed by atoms with Crippen LogP contribution in [0.2, 0.25) is 0 Å². The van der Waals surface area contributed by atoms with Crippen molar-refractivity contribution in [3.8, 4) is 0 Å². The largest absolute Gasteiger partial charge is 0.306 e. The molecule has 0 radical (unpaired) electrons. The van der Waals surface area contributed by atoms with Crippen LogP contribution in [0.3, 0.4) is 0 Å². The smallest absolute Gasteiger partial charge is 0.191 e. The minimum absolute atomic E-state index is 0.307. The second-order valence-electron chi connectivity index (χ2n) is 5.45. The summed E-state index contributed by atoms with van der Waals surface area (Å²) in [5.74, 6) is 2.26. The second-order valence-corrected chi connectivity index (χ2v) is 6.95. The van der Waals surface area contributed by atoms with Crippen molar-refractivity contribution in [2.45, 2.75) is 51.2 Å². The van der Waals surface area contributed by atoms with Gasteiger partial charge in [-0.05, 0) is 18.3 Å². The Morgan fingerprint density at radius 1 is 1.29 bits per heavy atom. The quantitative estimate of drug-likeness (QED) is 0.629. The van der Waals surface area contributed by atoms with Crippen LogP contribution in [0.25, 0.3) is 0 Å². The number of thioether (sulfide) groups is 1. The first-order chi connectivity index (χ1) is 8.12. The maximum atomic E-state index is 4.34. The van der Waals surface area contributed by atoms with Crippen molar-refractivity contribution in [3.05, 3.63) is 5.82 Å². The third-order valence-corrected chi connectivity index (χ3v) is 6.03. The number of aryl methyl sites for hydroxylation is 1. The van der Waals surface area contributed by atoms with Crippen LogP contribution in [0, 0.1) is 5.41 Å². The molecule has 17 heavy (non-hydrogen) atoms. The fourth-order valence-corrected chi connectivity index (χ4v) is 3.40. The lowest BCUT2D eigenvalue weighted by Crippen LogP contribution is -2.16. The molecule has 1 aromatic rings. The summed E-state index contributed by atoms with van der Waals surface area (Å²) in [7, 11) is 0. The third kappa shape index (κ3) is 3.47. The van der Waals surface area contributed by atoms with Crippen molar-refractivity contribution < 1.29 is 0 Å². The lowest BCUT2D eigenvalue weighted by Gasteiger charge is -2.20. The summed E-state index contributed by atoms with van der Waals surface area (Å²) in [5.41, 5.74) is 0.307. The first kappa shape index (κ1) is 13.4. The molecular formula is C12H20BrN3S. The summed E-state index contributed by atoms with van der Waals surface area (Å²) in [6.45, 7) is 5.64. The summed E-state index contributed by atoms with van der Waals surface area (Å²) in [5, 5.41) is 10.8. The number of fused-ring (bicyclic) bond motifs is 1. The number of aromatic nitrogens is 3. The minimum atomic E-state index is 0.307. The molecule has 0 amide bonds. The summed E-state index contributed by atoms with van der Waals surface area (Å²) in [6, 6.07) is 0. The Morgan fingerprint density at radius 3 is 2.88 bits per heavy atom. The third-order valence-electron chi connectivity index (χ3n) is 3.03. The van der Waals surface area contributed by atoms with E-state index in [1.807, 2.05) is 11.8 Å². The van der Waals surface area contributed by atoms with Crippen molar-refractivity contribution in [1.82, 2.24) is 14.8 Å². The van der Waals surface area contributed by atoms with Crippen LogP contribution < -0.4 is 0 Å². The molecule has 0 saturated carbocycles. The van der Waals surface area contributed by atoms with Gasteiger partial charge in [0.2, 0.25) is 0 Å². The predicted molar refractivity (Wildman–Crippen MR) is 75.9 cm³/mol. The van der Waals surface area contributed by atoms with Crippen molar-refractivity contribution >= 4 is 27.7 Å². The van der Waals surface area contributed by atoms with Gasteiger partial charge in [-0.25, -0.2) is 0 Å². The molecule has 96 valence electrons. The molecule has 0 aromatic carbocycles. The molecule has 0 N–H and O–H groups in total. The normalized spacial score (nSPS) is 16.6. The molecular weight excluding hydrogens is 298 g/mol. The SMILES string of the molecule is CC(C)(CBr)CSc1nnc2n1CCCCC2. The zero-order valence-electron chi connectivity index (χ0n) is 10.6. The highest BCUT2D eigenvalue weighted by Crippen LogP contribution is 2.29. The Labute approximate surface area is 116 Å². The molecule has 1 aliphatic heterocycles. The number of alkyl halides is 1. The monoisotopic (exact) mass is 317 g/mol. The van der Waals surface area contributed by atoms with Gasteiger partial charge in [0.1, 0.15) is 5.82 Å². The summed E-state index contributed by atoms with van der Waals surface area (Å²) >= 11 is 5.41. The lowest BCUT2D eigenvalue weighted by molar-refractivity contribution is 0.494. The number of nitrogens with zero attached hydrogens (tertiary/aromatic N) is 3. The second kappa shape index (κ2) is 5.74. The van der Waals surface area contributed by atoms with Crippen LogP contribution >= 0.6 is 27.7 Å². The molecule has 2 heterocycles. The van der Waals surface area contributed by atoms with Crippen molar-refractivity contribution in [1.29, 1.82) is 0 Å². The molecule has 1 aliphatic rings. The molecule has 2 rings (SSSR count). The van der Waals surface area contributed by atoms with Gasteiger partial charge in [0.25, 0.3) is 0 Å². The van der Waals surface area contributed by atoms with Gasteiger partial charge < -0.3 is 4.57 Å². The molecule has 1 aromatic heterocycles. The van der Waals surface area contributed by atoms with E-state index in [1.165, 1.54) is 25.1 Å². The molecule has 0 fully saturated rings. The number of hydrogen-bond donors (Lipinski definition) is 0. The maximum Gasteiger partial charge on any atom is 0.191 e. The molecule has 0 spiro atoms. The van der Waals surface area contributed by atoms with Crippen molar-refractivity contribution in [2.24, 2.45) is 5.41 Å². The Bertz CT molecular complexity index is 376. The van der Waals surface area contributed by atoms with Crippen LogP contribution in [-0.2, 0) is 13.0 Å². The average Bonchev–Trinajstić information content (AvgIpc) is 2.55. The Kier molecular flexibility index (Phi) is 4.53. The van der Waals surface area contributed by atoms with Gasteiger partial charge >= 0.3 is 0 Å². The predicted octanol–water partition coefficient (Wildman–Crippen LogP) is 3.52. The van der Waals surface area contributed by atoms with Gasteiger partial charge in [-0.2, -0.15) is 0 Å². The van der Waals surface area contributed by atoms with Gasteiger partial charge in [-0.15, -0.1) is 10.2 Å². The van der Waals surface area contributed by atoms with E-state index < -0.39 is 0 Å². The summed E-state index contributed by atoms with van der Waals surface area (Å²) in [6.07, 6.45) is 4.94. The standard InChI is InChI=1S/C12H20BrN3S/c1-12(2,8-13)9-17-11-15-14-10-6-4-3-5-7-16(10)11/h3-9H2,1-2H3. The van der Waals surface area contributed by atoms with Gasteiger partial charge in [-0.3, -0.25) is 0 Å². The Balaban J connectivity index is 2.04. The van der Waals surface area contributed by atoms with Crippen LogP contribution in [0.4, 0.5) is 0 Å². The number of hydrogen-bond acceptors (Lipinski definition) is 3. The van der Waals surface area contributed by atoms with Gasteiger partial charge in [-0.1, -0.05) is 48.0 Å². The van der Waals surface area contributed by atoms with Crippen LogP contribution in [-0.4, -0.2) is 25.8 Å². The topological polar surface area (TPSA) is 30.7 Å². The zero-order valence-corrected chi connectivity index (χ0v) is 13.0. The summed E-state index contributed by atoms with van der Waals surface area (Å²) < 4.78 is 2.32. The van der Waals surface area contributed by atoms with Gasteiger partial charge in [0.15, 0.2) is 5.16 Å². The Morgan fingerprint density at radius 2 is 2.12 bits per heavy atom. The molecule has 3 nitrogen and oxygen atoms in total. The molecule has 0 saturated heterocycles. The number of rotatable bonds is 4. The van der Waals surface area contributed by atoms with Crippen LogP contribution in [0.5, 0.6) is 0 Å². The zero-order chi connectivity index (χ0) is 12.3. The Hall–Kier alpha value is -0.0300. The first-order valence-corrected chi connectivity index (χ1v) is 8.34. The van der Waals surface area contributed by atoms with Crippen LogP contribution in [0.1, 0.15) is 38.9 Å². The number of halogens is 1. The highest BCUT2D eigenvalue weighted by Gasteiger charge is 2.20. The van der Waals surface area contributed by atoms with E-state index in [-0.39, 0.29) is 0 Å². The van der Waals surface area contributed by atoms with E-state index in [1.54, 1.807) is 0 Å². The van der Waals surface area contributed by atoms with Crippen molar-refractivity contribution in [3.63, 3.8) is 0 Å². The van der Waals surface area contributed by atoms with E-state index in [2.05, 4.69) is 44.5 Å². The minimum Gasteiger partial charge on any atom is -0.306 e. The molecule has 5 heteroatoms. The molecule has 0 bridgehead atoms. The van der Waals surface area contributed by atoms with Crippen LogP contribution in [0.15, 0.2) is 5.16 Å². The average molecular weight is 318 g/mol.